The van der Waals surface area contributed by atoms with Crippen molar-refractivity contribution in [2.75, 3.05) is 32.5 Å². The predicted octanol–water partition coefficient (Wildman–Crippen LogP) is 1.06. The Morgan fingerprint density at radius 3 is 2.86 bits per heavy atom. The van der Waals surface area contributed by atoms with Crippen molar-refractivity contribution in [2.24, 2.45) is 5.92 Å². The van der Waals surface area contributed by atoms with Crippen LogP contribution in [0.2, 0.25) is 0 Å². The Balaban J connectivity index is 1.76. The Morgan fingerprint density at radius 2 is 2.14 bits per heavy atom. The molecule has 114 valence electrons. The topological polar surface area (TPSA) is 81.9 Å². The van der Waals surface area contributed by atoms with Crippen LogP contribution in [0, 0.1) is 5.92 Å². The zero-order valence-corrected chi connectivity index (χ0v) is 12.1. The van der Waals surface area contributed by atoms with Gasteiger partial charge in [-0.05, 0) is 18.6 Å². The molecule has 1 amide bonds. The summed E-state index contributed by atoms with van der Waals surface area (Å²) in [6, 6.07) is 7.17. The SMILES string of the molecule is COC(=O)C1CCN(C(=O)CCOc2ccccc2N)C1. The molecule has 1 unspecified atom stereocenters. The summed E-state index contributed by atoms with van der Waals surface area (Å²) >= 11 is 0. The van der Waals surface area contributed by atoms with E-state index in [2.05, 4.69) is 0 Å². The third-order valence-corrected chi connectivity index (χ3v) is 3.57. The summed E-state index contributed by atoms with van der Waals surface area (Å²) in [6.45, 7) is 1.29. The van der Waals surface area contributed by atoms with Crippen LogP contribution in [0.15, 0.2) is 24.3 Å². The molecule has 6 nitrogen and oxygen atoms in total. The molecule has 1 aromatic rings. The number of ether oxygens (including phenoxy) is 2. The normalized spacial score (nSPS) is 17.6. The molecule has 1 heterocycles. The molecule has 2 rings (SSSR count). The van der Waals surface area contributed by atoms with E-state index in [9.17, 15) is 9.59 Å². The van der Waals surface area contributed by atoms with E-state index in [1.807, 2.05) is 12.1 Å². The van der Waals surface area contributed by atoms with E-state index in [0.717, 1.165) is 0 Å². The minimum Gasteiger partial charge on any atom is -0.491 e. The molecule has 21 heavy (non-hydrogen) atoms. The molecule has 0 aliphatic carbocycles. The molecule has 0 radical (unpaired) electrons. The van der Waals surface area contributed by atoms with Gasteiger partial charge in [0.1, 0.15) is 5.75 Å². The lowest BCUT2D eigenvalue weighted by Gasteiger charge is -2.16. The number of amides is 1. The van der Waals surface area contributed by atoms with Gasteiger partial charge < -0.3 is 20.1 Å². The number of esters is 1. The van der Waals surface area contributed by atoms with Gasteiger partial charge in [-0.15, -0.1) is 0 Å². The zero-order valence-electron chi connectivity index (χ0n) is 12.1. The second-order valence-corrected chi connectivity index (χ2v) is 4.98. The summed E-state index contributed by atoms with van der Waals surface area (Å²) in [7, 11) is 1.37. The number of rotatable bonds is 5. The highest BCUT2D eigenvalue weighted by Gasteiger charge is 2.31. The van der Waals surface area contributed by atoms with Crippen LogP contribution in [0.1, 0.15) is 12.8 Å². The molecule has 1 saturated heterocycles. The van der Waals surface area contributed by atoms with Crippen molar-refractivity contribution in [1.29, 1.82) is 0 Å². The first-order chi connectivity index (χ1) is 10.1. The van der Waals surface area contributed by atoms with Crippen LogP contribution in [0.5, 0.6) is 5.75 Å². The van der Waals surface area contributed by atoms with Crippen molar-refractivity contribution >= 4 is 17.6 Å². The fourth-order valence-electron chi connectivity index (χ4n) is 2.36. The molecular weight excluding hydrogens is 272 g/mol. The first kappa shape index (κ1) is 15.2. The third kappa shape index (κ3) is 3.87. The number of nitrogens with zero attached hydrogens (tertiary/aromatic N) is 1. The van der Waals surface area contributed by atoms with Crippen molar-refractivity contribution in [2.45, 2.75) is 12.8 Å². The van der Waals surface area contributed by atoms with Gasteiger partial charge in [0.25, 0.3) is 0 Å². The Labute approximate surface area is 123 Å². The molecule has 1 aliphatic heterocycles. The molecular formula is C15H20N2O4. The van der Waals surface area contributed by atoms with Crippen molar-refractivity contribution in [1.82, 2.24) is 4.90 Å². The monoisotopic (exact) mass is 292 g/mol. The fourth-order valence-corrected chi connectivity index (χ4v) is 2.36. The van der Waals surface area contributed by atoms with Crippen LogP contribution in [-0.2, 0) is 14.3 Å². The highest BCUT2D eigenvalue weighted by Crippen LogP contribution is 2.21. The van der Waals surface area contributed by atoms with Gasteiger partial charge in [-0.2, -0.15) is 0 Å². The number of nitrogen functional groups attached to an aromatic ring is 1. The van der Waals surface area contributed by atoms with E-state index >= 15 is 0 Å². The second kappa shape index (κ2) is 6.97. The quantitative estimate of drug-likeness (QED) is 0.648. The number of hydrogen-bond donors (Lipinski definition) is 1. The number of likely N-dealkylation sites (tertiary alicyclic amines) is 1. The van der Waals surface area contributed by atoms with Crippen molar-refractivity contribution in [3.63, 3.8) is 0 Å². The molecule has 1 aromatic carbocycles. The van der Waals surface area contributed by atoms with Crippen molar-refractivity contribution < 1.29 is 19.1 Å². The Kier molecular flexibility index (Phi) is 5.03. The van der Waals surface area contributed by atoms with E-state index < -0.39 is 0 Å². The number of anilines is 1. The molecule has 0 saturated carbocycles. The number of carbonyl (C=O) groups excluding carboxylic acids is 2. The van der Waals surface area contributed by atoms with Crippen molar-refractivity contribution in [3.8, 4) is 5.75 Å². The van der Waals surface area contributed by atoms with Gasteiger partial charge in [0, 0.05) is 13.1 Å². The van der Waals surface area contributed by atoms with Gasteiger partial charge in [0.2, 0.25) is 5.91 Å². The summed E-state index contributed by atoms with van der Waals surface area (Å²) in [5, 5.41) is 0. The molecule has 1 aliphatic rings. The largest absolute Gasteiger partial charge is 0.491 e. The highest BCUT2D eigenvalue weighted by molar-refractivity contribution is 5.79. The minimum atomic E-state index is -0.251. The first-order valence-electron chi connectivity index (χ1n) is 6.94. The van der Waals surface area contributed by atoms with Gasteiger partial charge in [0.05, 0.1) is 31.7 Å². The van der Waals surface area contributed by atoms with Crippen LogP contribution in [0.4, 0.5) is 5.69 Å². The van der Waals surface area contributed by atoms with Gasteiger partial charge in [-0.25, -0.2) is 0 Å². The number of benzene rings is 1. The number of para-hydroxylation sites is 2. The van der Waals surface area contributed by atoms with Crippen LogP contribution in [-0.4, -0.2) is 43.6 Å². The van der Waals surface area contributed by atoms with Gasteiger partial charge in [-0.3, -0.25) is 9.59 Å². The molecule has 0 bridgehead atoms. The molecule has 1 atom stereocenters. The van der Waals surface area contributed by atoms with Crippen LogP contribution >= 0.6 is 0 Å². The number of hydrogen-bond acceptors (Lipinski definition) is 5. The summed E-state index contributed by atoms with van der Waals surface area (Å²) < 4.78 is 10.2. The number of methoxy groups -OCH3 is 1. The highest BCUT2D eigenvalue weighted by atomic mass is 16.5. The maximum Gasteiger partial charge on any atom is 0.310 e. The van der Waals surface area contributed by atoms with Gasteiger partial charge >= 0.3 is 5.97 Å². The van der Waals surface area contributed by atoms with E-state index in [1.165, 1.54) is 7.11 Å². The first-order valence-corrected chi connectivity index (χ1v) is 6.94. The minimum absolute atomic E-state index is 0.0177. The summed E-state index contributed by atoms with van der Waals surface area (Å²) in [6.07, 6.45) is 0.924. The van der Waals surface area contributed by atoms with E-state index in [-0.39, 0.29) is 30.8 Å². The van der Waals surface area contributed by atoms with E-state index in [0.29, 0.717) is 30.9 Å². The van der Waals surface area contributed by atoms with E-state index in [1.54, 1.807) is 17.0 Å². The predicted molar refractivity (Wildman–Crippen MR) is 77.7 cm³/mol. The van der Waals surface area contributed by atoms with Crippen LogP contribution in [0.25, 0.3) is 0 Å². The Bertz CT molecular complexity index is 518. The average Bonchev–Trinajstić information content (AvgIpc) is 2.98. The van der Waals surface area contributed by atoms with E-state index in [4.69, 9.17) is 15.2 Å². The summed E-state index contributed by atoms with van der Waals surface area (Å²) in [5.41, 5.74) is 6.31. The number of nitrogens with two attached hydrogens (primary N) is 1. The lowest BCUT2D eigenvalue weighted by atomic mass is 10.1. The van der Waals surface area contributed by atoms with Crippen molar-refractivity contribution in [3.05, 3.63) is 24.3 Å². The lowest BCUT2D eigenvalue weighted by Crippen LogP contribution is -2.31. The maximum absolute atomic E-state index is 12.0. The van der Waals surface area contributed by atoms with Crippen LogP contribution in [0.3, 0.4) is 0 Å². The van der Waals surface area contributed by atoms with Gasteiger partial charge in [-0.1, -0.05) is 12.1 Å². The number of carbonyl (C=O) groups is 2. The molecule has 0 spiro atoms. The fraction of sp³-hybridized carbons (Fsp3) is 0.467. The standard InChI is InChI=1S/C15H20N2O4/c1-20-15(19)11-6-8-17(10-11)14(18)7-9-21-13-5-3-2-4-12(13)16/h2-5,11H,6-10,16H2,1H3. The molecule has 2 N–H and O–H groups in total. The zero-order chi connectivity index (χ0) is 15.2. The average molecular weight is 292 g/mol. The third-order valence-electron chi connectivity index (χ3n) is 3.57. The molecule has 1 fully saturated rings. The lowest BCUT2D eigenvalue weighted by molar-refractivity contribution is -0.145. The summed E-state index contributed by atoms with van der Waals surface area (Å²) in [4.78, 5) is 25.1. The van der Waals surface area contributed by atoms with Crippen LogP contribution < -0.4 is 10.5 Å². The van der Waals surface area contributed by atoms with Gasteiger partial charge in [0.15, 0.2) is 0 Å². The molecule has 6 heteroatoms. The second-order valence-electron chi connectivity index (χ2n) is 4.98. The summed E-state index contributed by atoms with van der Waals surface area (Å²) in [5.74, 6) is 0.110. The Morgan fingerprint density at radius 1 is 1.38 bits per heavy atom. The Hall–Kier alpha value is -2.24. The maximum atomic E-state index is 12.0. The molecule has 0 aromatic heterocycles. The smallest absolute Gasteiger partial charge is 0.310 e.